The summed E-state index contributed by atoms with van der Waals surface area (Å²) in [7, 11) is 0. The van der Waals surface area contributed by atoms with Crippen molar-refractivity contribution in [1.82, 2.24) is 16.0 Å². The molecule has 37 heavy (non-hydrogen) atoms. The molecule has 0 rings (SSSR count). The Balaban J connectivity index is 5.49. The number of nitrogens with zero attached hydrogens (tertiary/aromatic N) is 2. The van der Waals surface area contributed by atoms with Crippen molar-refractivity contribution < 1.29 is 24.3 Å². The molecule has 14 N–H and O–H groups in total. The molecule has 0 saturated heterocycles. The van der Waals surface area contributed by atoms with Gasteiger partial charge in [-0.05, 0) is 37.5 Å². The lowest BCUT2D eigenvalue weighted by Gasteiger charge is -2.27. The summed E-state index contributed by atoms with van der Waals surface area (Å²) in [6.07, 6.45) is 0.928. The Labute approximate surface area is 217 Å². The van der Waals surface area contributed by atoms with Crippen LogP contribution in [0, 0.1) is 11.8 Å². The SMILES string of the molecule is CC(C)[C@H](NC(=O)[C@H](CCCN=C(N)N)NC(=O)[C@H](N)C(C)C)C(=O)N[C@H](CCCN=C(N)N)C(=O)O. The fraction of sp³-hybridized carbons (Fsp3) is 0.727. The monoisotopic (exact) mass is 528 g/mol. The van der Waals surface area contributed by atoms with Crippen molar-refractivity contribution in [2.75, 3.05) is 13.1 Å². The number of carbonyl (C=O) groups is 4. The molecule has 0 aromatic carbocycles. The van der Waals surface area contributed by atoms with E-state index in [4.69, 9.17) is 28.7 Å². The number of nitrogens with one attached hydrogen (secondary N) is 3. The number of carboxylic acid groups (broad SMARTS) is 1. The molecule has 212 valence electrons. The summed E-state index contributed by atoms with van der Waals surface area (Å²) >= 11 is 0. The summed E-state index contributed by atoms with van der Waals surface area (Å²) < 4.78 is 0. The minimum Gasteiger partial charge on any atom is -0.480 e. The van der Waals surface area contributed by atoms with Gasteiger partial charge in [-0.25, -0.2) is 4.79 Å². The third kappa shape index (κ3) is 13.9. The average Bonchev–Trinajstić information content (AvgIpc) is 2.79. The second-order valence-electron chi connectivity index (χ2n) is 9.36. The molecule has 0 spiro atoms. The lowest BCUT2D eigenvalue weighted by Crippen LogP contribution is -2.58. The molecule has 0 aliphatic heterocycles. The first-order valence-electron chi connectivity index (χ1n) is 12.2. The molecule has 0 unspecified atom stereocenters. The molecule has 0 aliphatic rings. The van der Waals surface area contributed by atoms with Crippen LogP contribution in [0.25, 0.3) is 0 Å². The third-order valence-corrected chi connectivity index (χ3v) is 5.41. The second kappa shape index (κ2) is 16.9. The summed E-state index contributed by atoms with van der Waals surface area (Å²) in [6, 6.07) is -4.13. The van der Waals surface area contributed by atoms with Gasteiger partial charge >= 0.3 is 5.97 Å². The molecule has 3 amide bonds. The van der Waals surface area contributed by atoms with Gasteiger partial charge in [-0.15, -0.1) is 0 Å². The number of nitrogens with two attached hydrogens (primary N) is 5. The summed E-state index contributed by atoms with van der Waals surface area (Å²) in [5.74, 6) is -3.84. The molecule has 0 radical (unpaired) electrons. The maximum absolute atomic E-state index is 13.1. The van der Waals surface area contributed by atoms with Crippen LogP contribution in [0.1, 0.15) is 53.4 Å². The number of carboxylic acids is 1. The zero-order valence-corrected chi connectivity index (χ0v) is 22.1. The summed E-state index contributed by atoms with van der Waals surface area (Å²) in [5.41, 5.74) is 27.1. The van der Waals surface area contributed by atoms with Crippen LogP contribution < -0.4 is 44.6 Å². The molecule has 0 bridgehead atoms. The molecule has 0 saturated carbocycles. The first-order chi connectivity index (χ1) is 17.2. The Morgan fingerprint density at radius 3 is 1.57 bits per heavy atom. The predicted molar refractivity (Wildman–Crippen MR) is 141 cm³/mol. The number of hydrogen-bond donors (Lipinski definition) is 9. The highest BCUT2D eigenvalue weighted by Crippen LogP contribution is 2.08. The lowest BCUT2D eigenvalue weighted by molar-refractivity contribution is -0.142. The van der Waals surface area contributed by atoms with Crippen LogP contribution in [0.2, 0.25) is 0 Å². The second-order valence-corrected chi connectivity index (χ2v) is 9.36. The first-order valence-corrected chi connectivity index (χ1v) is 12.2. The van der Waals surface area contributed by atoms with Crippen LogP contribution in [-0.2, 0) is 19.2 Å². The van der Waals surface area contributed by atoms with E-state index in [9.17, 15) is 24.3 Å². The van der Waals surface area contributed by atoms with Gasteiger partial charge in [-0.3, -0.25) is 24.4 Å². The van der Waals surface area contributed by atoms with Crippen LogP contribution >= 0.6 is 0 Å². The number of aliphatic imine (C=N–C) groups is 2. The molecule has 0 aliphatic carbocycles. The summed E-state index contributed by atoms with van der Waals surface area (Å²) in [4.78, 5) is 57.9. The van der Waals surface area contributed by atoms with Crippen molar-refractivity contribution in [3.63, 3.8) is 0 Å². The summed E-state index contributed by atoms with van der Waals surface area (Å²) in [5, 5.41) is 17.2. The Morgan fingerprint density at radius 2 is 1.16 bits per heavy atom. The third-order valence-electron chi connectivity index (χ3n) is 5.41. The van der Waals surface area contributed by atoms with Crippen LogP contribution in [0.4, 0.5) is 0 Å². The normalized spacial score (nSPS) is 14.1. The molecule has 0 heterocycles. The van der Waals surface area contributed by atoms with Crippen molar-refractivity contribution in [3.05, 3.63) is 0 Å². The smallest absolute Gasteiger partial charge is 0.326 e. The van der Waals surface area contributed by atoms with Crippen LogP contribution in [0.3, 0.4) is 0 Å². The number of amides is 3. The number of aliphatic carboxylic acids is 1. The quantitative estimate of drug-likeness (QED) is 0.0533. The van der Waals surface area contributed by atoms with E-state index in [-0.39, 0.29) is 43.8 Å². The minimum absolute atomic E-state index is 0.0766. The molecule has 0 aromatic rings. The van der Waals surface area contributed by atoms with E-state index in [2.05, 4.69) is 25.9 Å². The highest BCUT2D eigenvalue weighted by Gasteiger charge is 2.32. The van der Waals surface area contributed by atoms with Gasteiger partial charge in [0.2, 0.25) is 17.7 Å². The van der Waals surface area contributed by atoms with Gasteiger partial charge in [0.15, 0.2) is 11.9 Å². The van der Waals surface area contributed by atoms with Crippen molar-refractivity contribution in [2.24, 2.45) is 50.5 Å². The fourth-order valence-corrected chi connectivity index (χ4v) is 3.15. The van der Waals surface area contributed by atoms with Gasteiger partial charge in [0.05, 0.1) is 6.04 Å². The van der Waals surface area contributed by atoms with E-state index in [0.29, 0.717) is 12.8 Å². The highest BCUT2D eigenvalue weighted by molar-refractivity contribution is 5.94. The van der Waals surface area contributed by atoms with Crippen molar-refractivity contribution in [1.29, 1.82) is 0 Å². The predicted octanol–water partition coefficient (Wildman–Crippen LogP) is -2.73. The van der Waals surface area contributed by atoms with Crippen LogP contribution in [-0.4, -0.2) is 78.0 Å². The van der Waals surface area contributed by atoms with Crippen molar-refractivity contribution in [3.8, 4) is 0 Å². The molecule has 15 nitrogen and oxygen atoms in total. The largest absolute Gasteiger partial charge is 0.480 e. The van der Waals surface area contributed by atoms with Gasteiger partial charge in [0.25, 0.3) is 0 Å². The Bertz CT molecular complexity index is 823. The van der Waals surface area contributed by atoms with Gasteiger partial charge in [0, 0.05) is 13.1 Å². The van der Waals surface area contributed by atoms with Crippen molar-refractivity contribution >= 4 is 35.6 Å². The first kappa shape index (κ1) is 33.4. The molecule has 0 fully saturated rings. The molecular formula is C22H44N10O5. The number of hydrogen-bond acceptors (Lipinski definition) is 7. The van der Waals surface area contributed by atoms with E-state index in [1.807, 2.05) is 0 Å². The van der Waals surface area contributed by atoms with Gasteiger partial charge < -0.3 is 49.7 Å². The topological polar surface area (TPSA) is 279 Å². The zero-order valence-electron chi connectivity index (χ0n) is 22.1. The summed E-state index contributed by atoms with van der Waals surface area (Å²) in [6.45, 7) is 7.36. The molecule has 4 atom stereocenters. The van der Waals surface area contributed by atoms with Gasteiger partial charge in [0.1, 0.15) is 18.1 Å². The maximum atomic E-state index is 13.1. The van der Waals surface area contributed by atoms with Crippen LogP contribution in [0.5, 0.6) is 0 Å². The molecule has 0 aromatic heterocycles. The Morgan fingerprint density at radius 1 is 0.703 bits per heavy atom. The lowest BCUT2D eigenvalue weighted by atomic mass is 10.0. The number of guanidine groups is 2. The zero-order chi connectivity index (χ0) is 28.7. The highest BCUT2D eigenvalue weighted by atomic mass is 16.4. The van der Waals surface area contributed by atoms with E-state index >= 15 is 0 Å². The Kier molecular flexibility index (Phi) is 15.3. The molecular weight excluding hydrogens is 484 g/mol. The van der Waals surface area contributed by atoms with E-state index in [0.717, 1.165) is 0 Å². The van der Waals surface area contributed by atoms with Crippen LogP contribution in [0.15, 0.2) is 9.98 Å². The van der Waals surface area contributed by atoms with Gasteiger partial charge in [-0.2, -0.15) is 0 Å². The maximum Gasteiger partial charge on any atom is 0.326 e. The van der Waals surface area contributed by atoms with Crippen molar-refractivity contribution in [2.45, 2.75) is 77.5 Å². The number of rotatable bonds is 17. The fourth-order valence-electron chi connectivity index (χ4n) is 3.15. The van der Waals surface area contributed by atoms with Gasteiger partial charge in [-0.1, -0.05) is 27.7 Å². The standard InChI is InChI=1S/C22H44N10O5/c1-11(2)15(23)18(34)30-13(7-5-9-28-21(24)25)17(33)32-16(12(3)4)19(35)31-14(20(36)37)8-6-10-29-22(26)27/h11-16H,5-10,23H2,1-4H3,(H,30,34)(H,31,35)(H,32,33)(H,36,37)(H4,24,25,28)(H4,26,27,29)/t13-,14+,15+,16-/m0/s1. The van der Waals surface area contributed by atoms with E-state index < -0.39 is 53.8 Å². The average molecular weight is 529 g/mol. The van der Waals surface area contributed by atoms with E-state index in [1.165, 1.54) is 0 Å². The Hall–Kier alpha value is -3.62. The number of carbonyl (C=O) groups excluding carboxylic acids is 3. The molecule has 15 heteroatoms. The minimum atomic E-state index is -1.24. The van der Waals surface area contributed by atoms with E-state index in [1.54, 1.807) is 27.7 Å².